The molecule has 0 amide bonds. The van der Waals surface area contributed by atoms with Crippen LogP contribution in [-0.2, 0) is 6.42 Å². The molecule has 2 aliphatic heterocycles. The Morgan fingerprint density at radius 3 is 2.81 bits per heavy atom. The van der Waals surface area contributed by atoms with Crippen molar-refractivity contribution < 1.29 is 14.2 Å². The van der Waals surface area contributed by atoms with Crippen LogP contribution in [0.2, 0.25) is 0 Å². The van der Waals surface area contributed by atoms with Crippen molar-refractivity contribution in [2.75, 3.05) is 33.5 Å². The van der Waals surface area contributed by atoms with Crippen LogP contribution in [0, 0.1) is 0 Å². The zero-order valence-electron chi connectivity index (χ0n) is 20.9. The van der Waals surface area contributed by atoms with Gasteiger partial charge in [-0.25, -0.2) is 4.98 Å². The van der Waals surface area contributed by atoms with Gasteiger partial charge < -0.3 is 28.5 Å². The Balaban J connectivity index is 1.07. The molecule has 0 aliphatic carbocycles. The third-order valence-electron chi connectivity index (χ3n) is 7.85. The molecule has 0 unspecified atom stereocenters. The predicted octanol–water partition coefficient (Wildman–Crippen LogP) is 5.64. The first-order valence-corrected chi connectivity index (χ1v) is 13.0. The fraction of sp³-hybridized carbons (Fsp3) is 0.300. The smallest absolute Gasteiger partial charge is 0.231 e. The molecule has 7 nitrogen and oxygen atoms in total. The molecular weight excluding hydrogens is 464 g/mol. The molecule has 1 N–H and O–H groups in total. The number of benzene rings is 2. The number of nitrogens with zero attached hydrogens (tertiary/aromatic N) is 3. The van der Waals surface area contributed by atoms with Crippen LogP contribution in [0.25, 0.3) is 27.7 Å². The molecule has 5 heterocycles. The molecule has 2 aliphatic rings. The SMILES string of the molecule is COc1ccc2[nH]cc(CCN3CCC(c4nc(-c5ccc6c(c5)OCO6)c5ccccn45)CC3)c2c1. The highest BCUT2D eigenvalue weighted by atomic mass is 16.7. The molecule has 7 rings (SSSR count). The fourth-order valence-electron chi connectivity index (χ4n) is 5.79. The first-order valence-electron chi connectivity index (χ1n) is 13.0. The Bertz CT molecular complexity index is 1580. The predicted molar refractivity (Wildman–Crippen MR) is 144 cm³/mol. The van der Waals surface area contributed by atoms with E-state index in [1.165, 1.54) is 16.5 Å². The number of pyridine rings is 1. The first-order chi connectivity index (χ1) is 18.3. The molecule has 5 aromatic rings. The normalized spacial score (nSPS) is 16.1. The van der Waals surface area contributed by atoms with E-state index in [1.807, 2.05) is 18.2 Å². The molecule has 0 radical (unpaired) electrons. The van der Waals surface area contributed by atoms with E-state index in [1.54, 1.807) is 7.11 Å². The largest absolute Gasteiger partial charge is 0.497 e. The number of rotatable bonds is 6. The molecule has 1 saturated heterocycles. The van der Waals surface area contributed by atoms with Gasteiger partial charge in [-0.3, -0.25) is 0 Å². The minimum absolute atomic E-state index is 0.279. The molecule has 0 spiro atoms. The topological polar surface area (TPSA) is 64.0 Å². The number of aromatic amines is 1. The second-order valence-corrected chi connectivity index (χ2v) is 9.93. The monoisotopic (exact) mass is 494 g/mol. The molecule has 0 saturated carbocycles. The van der Waals surface area contributed by atoms with E-state index in [9.17, 15) is 0 Å². The third-order valence-corrected chi connectivity index (χ3v) is 7.85. The number of imidazole rings is 1. The van der Waals surface area contributed by atoms with Crippen LogP contribution in [0.4, 0.5) is 0 Å². The van der Waals surface area contributed by atoms with Gasteiger partial charge in [0.2, 0.25) is 6.79 Å². The second-order valence-electron chi connectivity index (χ2n) is 9.93. The summed E-state index contributed by atoms with van der Waals surface area (Å²) >= 11 is 0. The zero-order chi connectivity index (χ0) is 24.8. The van der Waals surface area contributed by atoms with Crippen molar-refractivity contribution in [3.63, 3.8) is 0 Å². The summed E-state index contributed by atoms with van der Waals surface area (Å²) in [4.78, 5) is 11.2. The van der Waals surface area contributed by atoms with E-state index in [4.69, 9.17) is 19.2 Å². The van der Waals surface area contributed by atoms with Gasteiger partial charge in [-0.15, -0.1) is 0 Å². The van der Waals surface area contributed by atoms with Crippen molar-refractivity contribution in [3.05, 3.63) is 78.4 Å². The van der Waals surface area contributed by atoms with Gasteiger partial charge >= 0.3 is 0 Å². The van der Waals surface area contributed by atoms with Crippen LogP contribution in [0.5, 0.6) is 17.2 Å². The maximum atomic E-state index is 5.62. The van der Waals surface area contributed by atoms with Crippen LogP contribution < -0.4 is 14.2 Å². The van der Waals surface area contributed by atoms with Crippen LogP contribution in [0.15, 0.2) is 67.0 Å². The van der Waals surface area contributed by atoms with E-state index < -0.39 is 0 Å². The van der Waals surface area contributed by atoms with E-state index >= 15 is 0 Å². The Morgan fingerprint density at radius 2 is 1.92 bits per heavy atom. The average Bonchev–Trinajstić information content (AvgIpc) is 3.68. The van der Waals surface area contributed by atoms with Gasteiger partial charge in [0, 0.05) is 41.3 Å². The molecule has 37 heavy (non-hydrogen) atoms. The molecule has 7 heteroatoms. The van der Waals surface area contributed by atoms with E-state index in [0.29, 0.717) is 5.92 Å². The Kier molecular flexibility index (Phi) is 5.51. The van der Waals surface area contributed by atoms with Crippen LogP contribution in [0.3, 0.4) is 0 Å². The molecule has 3 aromatic heterocycles. The highest BCUT2D eigenvalue weighted by Gasteiger charge is 2.26. The van der Waals surface area contributed by atoms with E-state index in [-0.39, 0.29) is 6.79 Å². The van der Waals surface area contributed by atoms with Crippen molar-refractivity contribution in [2.24, 2.45) is 0 Å². The highest BCUT2D eigenvalue weighted by Crippen LogP contribution is 2.38. The van der Waals surface area contributed by atoms with Gasteiger partial charge in [0.15, 0.2) is 11.5 Å². The lowest BCUT2D eigenvalue weighted by atomic mass is 9.95. The number of aromatic nitrogens is 3. The maximum absolute atomic E-state index is 5.62. The molecule has 2 aromatic carbocycles. The number of H-pyrrole nitrogens is 1. The van der Waals surface area contributed by atoms with Gasteiger partial charge in [0.25, 0.3) is 0 Å². The van der Waals surface area contributed by atoms with Crippen LogP contribution >= 0.6 is 0 Å². The molecule has 0 bridgehead atoms. The average molecular weight is 495 g/mol. The van der Waals surface area contributed by atoms with Crippen LogP contribution in [-0.4, -0.2) is 52.8 Å². The summed E-state index contributed by atoms with van der Waals surface area (Å²) in [6.45, 7) is 3.50. The summed E-state index contributed by atoms with van der Waals surface area (Å²) in [5.74, 6) is 4.09. The summed E-state index contributed by atoms with van der Waals surface area (Å²) in [6.07, 6.45) is 7.53. The molecule has 188 valence electrons. The number of likely N-dealkylation sites (tertiary alicyclic amines) is 1. The summed E-state index contributed by atoms with van der Waals surface area (Å²) in [5, 5.41) is 1.26. The lowest BCUT2D eigenvalue weighted by Crippen LogP contribution is -2.34. The quantitative estimate of drug-likeness (QED) is 0.331. The Morgan fingerprint density at radius 1 is 1.03 bits per heavy atom. The standard InChI is InChI=1S/C30H30N4O3/c1-35-23-6-7-25-24(17-23)22(18-31-25)11-15-33-13-9-20(10-14-33)30-32-29(26-4-2-3-12-34(26)30)21-5-8-27-28(16-21)37-19-36-27/h2-8,12,16-18,20,31H,9-11,13-15,19H2,1H3. The van der Waals surface area contributed by atoms with Crippen molar-refractivity contribution in [1.29, 1.82) is 0 Å². The minimum atomic E-state index is 0.279. The van der Waals surface area contributed by atoms with Crippen molar-refractivity contribution >= 4 is 16.4 Å². The summed E-state index contributed by atoms with van der Waals surface area (Å²) in [6, 6.07) is 18.7. The van der Waals surface area contributed by atoms with E-state index in [2.05, 4.69) is 63.1 Å². The number of methoxy groups -OCH3 is 1. The number of hydrogen-bond donors (Lipinski definition) is 1. The van der Waals surface area contributed by atoms with Gasteiger partial charge in [0.1, 0.15) is 11.6 Å². The van der Waals surface area contributed by atoms with Crippen molar-refractivity contribution in [2.45, 2.75) is 25.2 Å². The number of piperidine rings is 1. The van der Waals surface area contributed by atoms with Crippen molar-refractivity contribution in [1.82, 2.24) is 19.3 Å². The second kappa shape index (κ2) is 9.16. The molecule has 1 fully saturated rings. The lowest BCUT2D eigenvalue weighted by molar-refractivity contribution is 0.174. The number of hydrogen-bond acceptors (Lipinski definition) is 5. The maximum Gasteiger partial charge on any atom is 0.231 e. The fourth-order valence-corrected chi connectivity index (χ4v) is 5.79. The van der Waals surface area contributed by atoms with Crippen molar-refractivity contribution in [3.8, 4) is 28.5 Å². The van der Waals surface area contributed by atoms with Gasteiger partial charge in [0.05, 0.1) is 18.3 Å². The minimum Gasteiger partial charge on any atom is -0.497 e. The molecule has 0 atom stereocenters. The van der Waals surface area contributed by atoms with Gasteiger partial charge in [-0.2, -0.15) is 0 Å². The Hall–Kier alpha value is -3.97. The van der Waals surface area contributed by atoms with Gasteiger partial charge in [-0.05, 0) is 86.4 Å². The summed E-state index contributed by atoms with van der Waals surface area (Å²) in [7, 11) is 1.72. The third kappa shape index (κ3) is 4.00. The number of ether oxygens (including phenoxy) is 3. The molecular formula is C30H30N4O3. The van der Waals surface area contributed by atoms with Crippen LogP contribution in [0.1, 0.15) is 30.1 Å². The lowest BCUT2D eigenvalue weighted by Gasteiger charge is -2.31. The Labute approximate surface area is 215 Å². The summed E-state index contributed by atoms with van der Waals surface area (Å²) in [5.41, 5.74) is 5.72. The summed E-state index contributed by atoms with van der Waals surface area (Å²) < 4.78 is 18.8. The highest BCUT2D eigenvalue weighted by molar-refractivity contribution is 5.84. The van der Waals surface area contributed by atoms with Gasteiger partial charge in [-0.1, -0.05) is 6.07 Å². The first kappa shape index (κ1) is 22.2. The number of nitrogens with one attached hydrogen (secondary N) is 1. The zero-order valence-corrected chi connectivity index (χ0v) is 20.9. The number of fused-ring (bicyclic) bond motifs is 3. The van der Waals surface area contributed by atoms with E-state index in [0.717, 1.165) is 78.7 Å².